The standard InChI is InChI=1S/C32H22Si/c1-3-13-25(14-4-1)33(26-15-5-2-6-16-26)31-27-17-9-7-11-23(27)19-21-29(31)30-22-20-24-12-8-10-18-28(24)32(30)33/h1-22H. The lowest BCUT2D eigenvalue weighted by atomic mass is 9.99. The fourth-order valence-electron chi connectivity index (χ4n) is 6.05. The first-order valence-electron chi connectivity index (χ1n) is 11.5. The lowest BCUT2D eigenvalue weighted by Crippen LogP contribution is -2.73. The first-order chi connectivity index (χ1) is 16.4. The molecule has 33 heavy (non-hydrogen) atoms. The molecule has 0 amide bonds. The predicted octanol–water partition coefficient (Wildman–Crippen LogP) is 5.35. The zero-order chi connectivity index (χ0) is 21.8. The molecule has 0 saturated heterocycles. The Bertz CT molecular complexity index is 1520. The van der Waals surface area contributed by atoms with E-state index in [9.17, 15) is 0 Å². The fraction of sp³-hybridized carbons (Fsp3) is 0. The van der Waals surface area contributed by atoms with Crippen molar-refractivity contribution in [3.8, 4) is 11.1 Å². The highest BCUT2D eigenvalue weighted by atomic mass is 28.3. The lowest BCUT2D eigenvalue weighted by molar-refractivity contribution is 1.71. The SMILES string of the molecule is c1ccc([Si]2(c3ccccc3)c3c(ccc4ccccc34)-c3ccc4ccccc4c32)cc1. The van der Waals surface area contributed by atoms with Crippen molar-refractivity contribution in [2.75, 3.05) is 0 Å². The minimum atomic E-state index is -2.55. The Balaban J connectivity index is 1.79. The molecule has 7 rings (SSSR count). The molecule has 0 radical (unpaired) electrons. The summed E-state index contributed by atoms with van der Waals surface area (Å²) in [5.41, 5.74) is 2.79. The van der Waals surface area contributed by atoms with Crippen LogP contribution in [-0.2, 0) is 0 Å². The molecule has 0 unspecified atom stereocenters. The quantitative estimate of drug-likeness (QED) is 0.322. The maximum atomic E-state index is 2.37. The second-order valence-electron chi connectivity index (χ2n) is 8.90. The summed E-state index contributed by atoms with van der Waals surface area (Å²) in [6, 6.07) is 49.8. The zero-order valence-corrected chi connectivity index (χ0v) is 19.2. The molecule has 154 valence electrons. The maximum absolute atomic E-state index is 2.55. The largest absolute Gasteiger partial charge is 0.182 e. The van der Waals surface area contributed by atoms with Crippen molar-refractivity contribution in [3.63, 3.8) is 0 Å². The zero-order valence-electron chi connectivity index (χ0n) is 18.2. The third kappa shape index (κ3) is 2.46. The molecule has 0 saturated carbocycles. The highest BCUT2D eigenvalue weighted by molar-refractivity contribution is 7.24. The topological polar surface area (TPSA) is 0 Å². The number of hydrogen-bond acceptors (Lipinski definition) is 0. The van der Waals surface area contributed by atoms with E-state index < -0.39 is 8.07 Å². The summed E-state index contributed by atoms with van der Waals surface area (Å²) < 4.78 is 0. The molecule has 6 aromatic carbocycles. The van der Waals surface area contributed by atoms with Gasteiger partial charge in [0, 0.05) is 0 Å². The van der Waals surface area contributed by atoms with Gasteiger partial charge in [-0.25, -0.2) is 0 Å². The summed E-state index contributed by atoms with van der Waals surface area (Å²) in [5.74, 6) is 0. The van der Waals surface area contributed by atoms with E-state index in [2.05, 4.69) is 133 Å². The van der Waals surface area contributed by atoms with Crippen LogP contribution in [0.5, 0.6) is 0 Å². The molecule has 0 spiro atoms. The van der Waals surface area contributed by atoms with Crippen LogP contribution in [0.1, 0.15) is 0 Å². The third-order valence-corrected chi connectivity index (χ3v) is 12.3. The highest BCUT2D eigenvalue weighted by Gasteiger charge is 2.50. The van der Waals surface area contributed by atoms with Crippen LogP contribution in [0.3, 0.4) is 0 Å². The number of fused-ring (bicyclic) bond motifs is 7. The summed E-state index contributed by atoms with van der Waals surface area (Å²) >= 11 is 0. The molecule has 0 aromatic heterocycles. The van der Waals surface area contributed by atoms with Gasteiger partial charge >= 0.3 is 0 Å². The predicted molar refractivity (Wildman–Crippen MR) is 144 cm³/mol. The number of rotatable bonds is 2. The molecule has 1 heteroatoms. The second kappa shape index (κ2) is 7.03. The molecule has 1 aliphatic heterocycles. The van der Waals surface area contributed by atoms with Crippen LogP contribution in [0.15, 0.2) is 133 Å². The van der Waals surface area contributed by atoms with Gasteiger partial charge in [0.25, 0.3) is 0 Å². The van der Waals surface area contributed by atoms with Crippen LogP contribution in [0.2, 0.25) is 0 Å². The molecule has 6 aromatic rings. The summed E-state index contributed by atoms with van der Waals surface area (Å²) in [4.78, 5) is 0. The van der Waals surface area contributed by atoms with Crippen LogP contribution in [0.4, 0.5) is 0 Å². The first-order valence-corrected chi connectivity index (χ1v) is 13.5. The Morgan fingerprint density at radius 3 is 1.18 bits per heavy atom. The van der Waals surface area contributed by atoms with Crippen LogP contribution < -0.4 is 20.7 Å². The van der Waals surface area contributed by atoms with Gasteiger partial charge in [0.1, 0.15) is 0 Å². The van der Waals surface area contributed by atoms with E-state index in [4.69, 9.17) is 0 Å². The molecular weight excluding hydrogens is 412 g/mol. The molecular formula is C32H22Si. The van der Waals surface area contributed by atoms with Gasteiger partial charge in [0.2, 0.25) is 0 Å². The molecule has 0 aliphatic carbocycles. The van der Waals surface area contributed by atoms with Crippen LogP contribution >= 0.6 is 0 Å². The minimum Gasteiger partial charge on any atom is -0.0623 e. The number of benzene rings is 6. The Kier molecular flexibility index (Phi) is 3.96. The van der Waals surface area contributed by atoms with Gasteiger partial charge in [0.05, 0.1) is 0 Å². The van der Waals surface area contributed by atoms with E-state index in [1.165, 1.54) is 53.4 Å². The van der Waals surface area contributed by atoms with Crippen molar-refractivity contribution < 1.29 is 0 Å². The molecule has 0 N–H and O–H groups in total. The second-order valence-corrected chi connectivity index (χ2v) is 12.6. The van der Waals surface area contributed by atoms with Crippen molar-refractivity contribution in [1.82, 2.24) is 0 Å². The summed E-state index contributed by atoms with van der Waals surface area (Å²) in [7, 11) is -2.55. The summed E-state index contributed by atoms with van der Waals surface area (Å²) in [6.45, 7) is 0. The Morgan fingerprint density at radius 2 is 0.727 bits per heavy atom. The Morgan fingerprint density at radius 1 is 0.333 bits per heavy atom. The number of hydrogen-bond donors (Lipinski definition) is 0. The van der Waals surface area contributed by atoms with E-state index in [1.807, 2.05) is 0 Å². The minimum absolute atomic E-state index is 1.32. The van der Waals surface area contributed by atoms with Gasteiger partial charge in [-0.05, 0) is 53.4 Å². The van der Waals surface area contributed by atoms with Crippen molar-refractivity contribution in [1.29, 1.82) is 0 Å². The van der Waals surface area contributed by atoms with Crippen LogP contribution in [-0.4, -0.2) is 8.07 Å². The molecule has 0 nitrogen and oxygen atoms in total. The van der Waals surface area contributed by atoms with E-state index in [-0.39, 0.29) is 0 Å². The molecule has 0 fully saturated rings. The monoisotopic (exact) mass is 434 g/mol. The lowest BCUT2D eigenvalue weighted by Gasteiger charge is -2.33. The van der Waals surface area contributed by atoms with Crippen molar-refractivity contribution in [2.45, 2.75) is 0 Å². The molecule has 0 atom stereocenters. The average Bonchev–Trinajstić information content (AvgIpc) is 3.22. The van der Waals surface area contributed by atoms with Crippen molar-refractivity contribution >= 4 is 50.4 Å². The van der Waals surface area contributed by atoms with Gasteiger partial charge in [-0.3, -0.25) is 0 Å². The third-order valence-electron chi connectivity index (χ3n) is 7.31. The van der Waals surface area contributed by atoms with Crippen molar-refractivity contribution in [3.05, 3.63) is 133 Å². The van der Waals surface area contributed by atoms with Gasteiger partial charge in [0.15, 0.2) is 8.07 Å². The van der Waals surface area contributed by atoms with E-state index in [0.717, 1.165) is 0 Å². The molecule has 0 bridgehead atoms. The van der Waals surface area contributed by atoms with E-state index in [0.29, 0.717) is 0 Å². The normalized spacial score (nSPS) is 13.7. The average molecular weight is 435 g/mol. The molecule has 1 aliphatic rings. The van der Waals surface area contributed by atoms with E-state index >= 15 is 0 Å². The van der Waals surface area contributed by atoms with Crippen LogP contribution in [0.25, 0.3) is 32.7 Å². The Hall–Kier alpha value is -3.94. The van der Waals surface area contributed by atoms with Gasteiger partial charge in [-0.2, -0.15) is 0 Å². The smallest absolute Gasteiger partial charge is 0.0623 e. The molecule has 1 heterocycles. The maximum Gasteiger partial charge on any atom is 0.182 e. The van der Waals surface area contributed by atoms with E-state index in [1.54, 1.807) is 0 Å². The summed E-state index contributed by atoms with van der Waals surface area (Å²) in [5, 5.41) is 11.4. The van der Waals surface area contributed by atoms with Gasteiger partial charge in [-0.15, -0.1) is 0 Å². The fourth-order valence-corrected chi connectivity index (χ4v) is 11.7. The first kappa shape index (κ1) is 18.6. The highest BCUT2D eigenvalue weighted by Crippen LogP contribution is 2.35. The Labute approximate surface area is 194 Å². The van der Waals surface area contributed by atoms with Gasteiger partial charge < -0.3 is 0 Å². The summed E-state index contributed by atoms with van der Waals surface area (Å²) in [6.07, 6.45) is 0. The van der Waals surface area contributed by atoms with Crippen LogP contribution in [0, 0.1) is 0 Å². The van der Waals surface area contributed by atoms with Crippen molar-refractivity contribution in [2.24, 2.45) is 0 Å². The van der Waals surface area contributed by atoms with Gasteiger partial charge in [-0.1, -0.05) is 133 Å².